The van der Waals surface area contributed by atoms with Crippen molar-refractivity contribution in [2.24, 2.45) is 0 Å². The SMILES string of the molecule is CCc1c(C(=O)Nc2c(C)cc(C)cc2C)cnn1-c1ccccn1. The summed E-state index contributed by atoms with van der Waals surface area (Å²) in [6, 6.07) is 9.78. The molecule has 0 aliphatic heterocycles. The topological polar surface area (TPSA) is 59.8 Å². The maximum atomic E-state index is 12.8. The fourth-order valence-corrected chi connectivity index (χ4v) is 3.14. The van der Waals surface area contributed by atoms with Crippen molar-refractivity contribution >= 4 is 11.6 Å². The summed E-state index contributed by atoms with van der Waals surface area (Å²) >= 11 is 0. The van der Waals surface area contributed by atoms with Crippen molar-refractivity contribution in [2.75, 3.05) is 5.32 Å². The van der Waals surface area contributed by atoms with Gasteiger partial charge in [0.25, 0.3) is 5.91 Å². The first kappa shape index (κ1) is 16.9. The van der Waals surface area contributed by atoms with Gasteiger partial charge in [0.1, 0.15) is 0 Å². The largest absolute Gasteiger partial charge is 0.321 e. The number of carbonyl (C=O) groups excluding carboxylic acids is 1. The van der Waals surface area contributed by atoms with Gasteiger partial charge in [-0.1, -0.05) is 30.7 Å². The van der Waals surface area contributed by atoms with E-state index in [2.05, 4.69) is 34.5 Å². The zero-order valence-electron chi connectivity index (χ0n) is 15.0. The average Bonchev–Trinajstić information content (AvgIpc) is 3.02. The summed E-state index contributed by atoms with van der Waals surface area (Å²) in [6.07, 6.45) is 4.02. The molecule has 2 heterocycles. The lowest BCUT2D eigenvalue weighted by Crippen LogP contribution is -2.16. The molecule has 0 unspecified atom stereocenters. The highest BCUT2D eigenvalue weighted by Gasteiger charge is 2.19. The van der Waals surface area contributed by atoms with Gasteiger partial charge in [-0.15, -0.1) is 0 Å². The number of benzene rings is 1. The lowest BCUT2D eigenvalue weighted by molar-refractivity contribution is 0.102. The number of hydrogen-bond acceptors (Lipinski definition) is 3. The van der Waals surface area contributed by atoms with Gasteiger partial charge in [0, 0.05) is 11.9 Å². The highest BCUT2D eigenvalue weighted by Crippen LogP contribution is 2.23. The number of aromatic nitrogens is 3. The van der Waals surface area contributed by atoms with Gasteiger partial charge in [-0.05, 0) is 50.5 Å². The summed E-state index contributed by atoms with van der Waals surface area (Å²) in [5.74, 6) is 0.565. The number of nitrogens with one attached hydrogen (secondary N) is 1. The van der Waals surface area contributed by atoms with Crippen LogP contribution < -0.4 is 5.32 Å². The molecule has 0 radical (unpaired) electrons. The van der Waals surface area contributed by atoms with E-state index in [1.807, 2.05) is 39.0 Å². The van der Waals surface area contributed by atoms with Crippen LogP contribution in [0.1, 0.15) is 39.7 Å². The van der Waals surface area contributed by atoms with E-state index in [1.165, 1.54) is 5.56 Å². The van der Waals surface area contributed by atoms with E-state index in [4.69, 9.17) is 0 Å². The Morgan fingerprint density at radius 1 is 1.16 bits per heavy atom. The lowest BCUT2D eigenvalue weighted by Gasteiger charge is -2.13. The van der Waals surface area contributed by atoms with Gasteiger partial charge in [0.2, 0.25) is 0 Å². The van der Waals surface area contributed by atoms with Crippen molar-refractivity contribution in [3.05, 3.63) is 70.7 Å². The van der Waals surface area contributed by atoms with E-state index in [0.29, 0.717) is 17.8 Å². The quantitative estimate of drug-likeness (QED) is 0.784. The molecular weight excluding hydrogens is 312 g/mol. The van der Waals surface area contributed by atoms with Gasteiger partial charge in [-0.2, -0.15) is 5.10 Å². The zero-order chi connectivity index (χ0) is 18.0. The smallest absolute Gasteiger partial charge is 0.259 e. The number of nitrogens with zero attached hydrogens (tertiary/aromatic N) is 3. The molecule has 0 bridgehead atoms. The number of pyridine rings is 1. The van der Waals surface area contributed by atoms with Gasteiger partial charge in [0.05, 0.1) is 17.5 Å². The van der Waals surface area contributed by atoms with E-state index >= 15 is 0 Å². The number of rotatable bonds is 4. The third-order valence-corrected chi connectivity index (χ3v) is 4.23. The summed E-state index contributed by atoms with van der Waals surface area (Å²) < 4.78 is 1.73. The van der Waals surface area contributed by atoms with Crippen molar-refractivity contribution in [3.8, 4) is 5.82 Å². The minimum Gasteiger partial charge on any atom is -0.321 e. The van der Waals surface area contributed by atoms with Crippen molar-refractivity contribution in [1.82, 2.24) is 14.8 Å². The molecule has 25 heavy (non-hydrogen) atoms. The highest BCUT2D eigenvalue weighted by atomic mass is 16.1. The number of aryl methyl sites for hydroxylation is 3. The normalized spacial score (nSPS) is 10.7. The standard InChI is InChI=1S/C20H22N4O/c1-5-17-16(12-22-24(17)18-8-6-7-9-21-18)20(25)23-19-14(3)10-13(2)11-15(19)4/h6-12H,5H2,1-4H3,(H,23,25). The first-order valence-electron chi connectivity index (χ1n) is 8.38. The van der Waals surface area contributed by atoms with Crippen LogP contribution in [0.5, 0.6) is 0 Å². The number of amides is 1. The van der Waals surface area contributed by atoms with Crippen LogP contribution in [0.4, 0.5) is 5.69 Å². The summed E-state index contributed by atoms with van der Waals surface area (Å²) in [4.78, 5) is 17.2. The Labute approximate surface area is 147 Å². The van der Waals surface area contributed by atoms with Crippen molar-refractivity contribution < 1.29 is 4.79 Å². The first-order chi connectivity index (χ1) is 12.0. The van der Waals surface area contributed by atoms with Gasteiger partial charge >= 0.3 is 0 Å². The molecule has 0 spiro atoms. The summed E-state index contributed by atoms with van der Waals surface area (Å²) in [6.45, 7) is 8.08. The van der Waals surface area contributed by atoms with E-state index in [-0.39, 0.29) is 5.91 Å². The van der Waals surface area contributed by atoms with Crippen LogP contribution in [-0.2, 0) is 6.42 Å². The van der Waals surface area contributed by atoms with E-state index in [9.17, 15) is 4.79 Å². The van der Waals surface area contributed by atoms with Gasteiger partial charge in [-0.3, -0.25) is 4.79 Å². The minimum absolute atomic E-state index is 0.144. The maximum absolute atomic E-state index is 12.8. The Kier molecular flexibility index (Phi) is 4.65. The molecule has 0 aliphatic carbocycles. The zero-order valence-corrected chi connectivity index (χ0v) is 15.0. The molecule has 1 N–H and O–H groups in total. The molecular formula is C20H22N4O. The molecule has 0 saturated heterocycles. The van der Waals surface area contributed by atoms with Crippen LogP contribution in [-0.4, -0.2) is 20.7 Å². The van der Waals surface area contributed by atoms with Crippen LogP contribution in [0.25, 0.3) is 5.82 Å². The maximum Gasteiger partial charge on any atom is 0.259 e. The Balaban J connectivity index is 1.95. The van der Waals surface area contributed by atoms with Crippen LogP contribution in [0.15, 0.2) is 42.7 Å². The van der Waals surface area contributed by atoms with Crippen LogP contribution in [0.3, 0.4) is 0 Å². The molecule has 2 aromatic heterocycles. The molecule has 3 aromatic rings. The number of anilines is 1. The molecule has 0 fully saturated rings. The number of carbonyl (C=O) groups is 1. The van der Waals surface area contributed by atoms with Crippen molar-refractivity contribution in [3.63, 3.8) is 0 Å². The fourth-order valence-electron chi connectivity index (χ4n) is 3.14. The van der Waals surface area contributed by atoms with Crippen LogP contribution in [0.2, 0.25) is 0 Å². The van der Waals surface area contributed by atoms with Gasteiger partial charge in [-0.25, -0.2) is 9.67 Å². The second-order valence-corrected chi connectivity index (χ2v) is 6.19. The third-order valence-electron chi connectivity index (χ3n) is 4.23. The average molecular weight is 334 g/mol. The highest BCUT2D eigenvalue weighted by molar-refractivity contribution is 6.05. The van der Waals surface area contributed by atoms with E-state index < -0.39 is 0 Å². The molecule has 0 atom stereocenters. The van der Waals surface area contributed by atoms with Crippen molar-refractivity contribution in [1.29, 1.82) is 0 Å². The molecule has 5 heteroatoms. The van der Waals surface area contributed by atoms with E-state index in [1.54, 1.807) is 17.1 Å². The second-order valence-electron chi connectivity index (χ2n) is 6.19. The van der Waals surface area contributed by atoms with Gasteiger partial charge in [0.15, 0.2) is 5.82 Å². The third kappa shape index (κ3) is 3.31. The fraction of sp³-hybridized carbons (Fsp3) is 0.250. The molecule has 1 aromatic carbocycles. The molecule has 128 valence electrons. The summed E-state index contributed by atoms with van der Waals surface area (Å²) in [5, 5.41) is 7.42. The predicted molar refractivity (Wildman–Crippen MR) is 99.3 cm³/mol. The Morgan fingerprint density at radius 3 is 2.48 bits per heavy atom. The monoisotopic (exact) mass is 334 g/mol. The molecule has 5 nitrogen and oxygen atoms in total. The molecule has 1 amide bonds. The molecule has 0 aliphatic rings. The van der Waals surface area contributed by atoms with Crippen molar-refractivity contribution in [2.45, 2.75) is 34.1 Å². The number of hydrogen-bond donors (Lipinski definition) is 1. The summed E-state index contributed by atoms with van der Waals surface area (Å²) in [5.41, 5.74) is 5.58. The Morgan fingerprint density at radius 2 is 1.88 bits per heavy atom. The second kappa shape index (κ2) is 6.89. The summed E-state index contributed by atoms with van der Waals surface area (Å²) in [7, 11) is 0. The first-order valence-corrected chi connectivity index (χ1v) is 8.38. The Hall–Kier alpha value is -2.95. The lowest BCUT2D eigenvalue weighted by atomic mass is 10.0. The molecule has 0 saturated carbocycles. The van der Waals surface area contributed by atoms with Gasteiger partial charge < -0.3 is 5.32 Å². The Bertz CT molecular complexity index is 890. The predicted octanol–water partition coefficient (Wildman–Crippen LogP) is 4.01. The van der Waals surface area contributed by atoms with Crippen LogP contribution >= 0.6 is 0 Å². The van der Waals surface area contributed by atoms with Crippen LogP contribution in [0, 0.1) is 20.8 Å². The minimum atomic E-state index is -0.144. The van der Waals surface area contributed by atoms with E-state index in [0.717, 1.165) is 22.5 Å². The molecule has 3 rings (SSSR count).